The van der Waals surface area contributed by atoms with Crippen molar-refractivity contribution in [2.45, 2.75) is 49.4 Å². The van der Waals surface area contributed by atoms with E-state index in [0.29, 0.717) is 6.04 Å². The molecule has 0 bridgehead atoms. The number of alkyl halides is 3. The smallest absolute Gasteiger partial charge is 0.490 e. The van der Waals surface area contributed by atoms with Crippen LogP contribution in [0.4, 0.5) is 28.0 Å². The van der Waals surface area contributed by atoms with Crippen molar-refractivity contribution in [1.29, 1.82) is 0 Å². The van der Waals surface area contributed by atoms with Crippen LogP contribution in [0.1, 0.15) is 31.2 Å². The standard InChI is InChI=1S/C24H30FN3O3.C2HF3O2/c1-28-13-12-24(16-8-9-20(30-2)21(14-16)31-3)11-10-17(15-22(24)28)26-23(29)27-19-7-5-4-6-18(19)25;3-2(4,5)1(6)7/h4-9,14,17,22H,10-13,15H2,1-3H3,(H2,26,27,29);(H,6,7). The molecule has 1 heterocycles. The SMILES string of the molecule is COc1ccc(C23CCC(NC(=O)Nc4ccccc4F)CC2N(C)CC3)cc1OC.O=C(O)C(F)(F)F. The van der Waals surface area contributed by atoms with Gasteiger partial charge < -0.3 is 30.1 Å². The molecule has 1 saturated carbocycles. The number of likely N-dealkylation sites (tertiary alicyclic amines) is 1. The molecule has 0 radical (unpaired) electrons. The van der Waals surface area contributed by atoms with E-state index in [1.54, 1.807) is 32.4 Å². The molecule has 3 N–H and O–H groups in total. The largest absolute Gasteiger partial charge is 0.493 e. The molecule has 2 aromatic rings. The number of rotatable bonds is 5. The lowest BCUT2D eigenvalue weighted by molar-refractivity contribution is -0.192. The molecule has 2 fully saturated rings. The second-order valence-electron chi connectivity index (χ2n) is 9.32. The van der Waals surface area contributed by atoms with Crippen LogP contribution in [0.5, 0.6) is 11.5 Å². The van der Waals surface area contributed by atoms with Crippen molar-refractivity contribution in [3.8, 4) is 11.5 Å². The molecule has 8 nitrogen and oxygen atoms in total. The highest BCUT2D eigenvalue weighted by molar-refractivity contribution is 5.89. The van der Waals surface area contributed by atoms with Gasteiger partial charge in [0.1, 0.15) is 5.82 Å². The van der Waals surface area contributed by atoms with E-state index in [0.717, 1.165) is 43.7 Å². The molecule has 12 heteroatoms. The minimum atomic E-state index is -5.08. The molecule has 3 atom stereocenters. The average molecular weight is 542 g/mol. The second-order valence-corrected chi connectivity index (χ2v) is 9.32. The number of aliphatic carboxylic acids is 1. The minimum Gasteiger partial charge on any atom is -0.493 e. The lowest BCUT2D eigenvalue weighted by Crippen LogP contribution is -2.52. The van der Waals surface area contributed by atoms with Gasteiger partial charge in [-0.1, -0.05) is 18.2 Å². The molecule has 1 aliphatic carbocycles. The first-order chi connectivity index (χ1) is 17.9. The van der Waals surface area contributed by atoms with Gasteiger partial charge in [0.2, 0.25) is 0 Å². The summed E-state index contributed by atoms with van der Waals surface area (Å²) in [6, 6.07) is 12.4. The van der Waals surface area contributed by atoms with Gasteiger partial charge >= 0.3 is 18.2 Å². The lowest BCUT2D eigenvalue weighted by atomic mass is 9.65. The number of ether oxygens (including phenoxy) is 2. The first kappa shape index (κ1) is 29.0. The fraction of sp³-hybridized carbons (Fsp3) is 0.462. The number of carboxylic acid groups (broad SMARTS) is 1. The van der Waals surface area contributed by atoms with Crippen LogP contribution in [-0.2, 0) is 10.2 Å². The van der Waals surface area contributed by atoms with E-state index in [-0.39, 0.29) is 23.2 Å². The molecule has 1 saturated heterocycles. The number of benzene rings is 2. The van der Waals surface area contributed by atoms with E-state index in [4.69, 9.17) is 19.4 Å². The van der Waals surface area contributed by atoms with E-state index in [2.05, 4.69) is 34.7 Å². The number of urea groups is 1. The third-order valence-electron chi connectivity index (χ3n) is 7.19. The third kappa shape index (κ3) is 6.47. The molecular weight excluding hydrogens is 510 g/mol. The number of amides is 2. The number of carbonyl (C=O) groups is 2. The van der Waals surface area contributed by atoms with Crippen LogP contribution in [0.15, 0.2) is 42.5 Å². The lowest BCUT2D eigenvalue weighted by Gasteiger charge is -2.45. The van der Waals surface area contributed by atoms with Crippen molar-refractivity contribution in [3.63, 3.8) is 0 Å². The summed E-state index contributed by atoms with van der Waals surface area (Å²) < 4.78 is 56.5. The maximum Gasteiger partial charge on any atom is 0.490 e. The highest BCUT2D eigenvalue weighted by Gasteiger charge is 2.50. The quantitative estimate of drug-likeness (QED) is 0.471. The molecule has 2 aromatic carbocycles. The number of anilines is 1. The fourth-order valence-corrected chi connectivity index (χ4v) is 5.30. The molecule has 1 aliphatic heterocycles. The van der Waals surface area contributed by atoms with Crippen LogP contribution in [0.25, 0.3) is 0 Å². The molecular formula is C26H31F4N3O5. The number of nitrogens with one attached hydrogen (secondary N) is 2. The first-order valence-corrected chi connectivity index (χ1v) is 12.0. The number of halogens is 4. The van der Waals surface area contributed by atoms with Gasteiger partial charge in [-0.3, -0.25) is 0 Å². The van der Waals surface area contributed by atoms with E-state index in [9.17, 15) is 22.4 Å². The van der Waals surface area contributed by atoms with Crippen LogP contribution < -0.4 is 20.1 Å². The summed E-state index contributed by atoms with van der Waals surface area (Å²) in [4.78, 5) is 23.8. The van der Waals surface area contributed by atoms with Gasteiger partial charge in [-0.15, -0.1) is 0 Å². The molecule has 4 rings (SSSR count). The number of carboxylic acids is 1. The zero-order chi connectivity index (χ0) is 28.1. The van der Waals surface area contributed by atoms with Gasteiger partial charge in [-0.05, 0) is 69.1 Å². The molecule has 2 aliphatic rings. The Hall–Kier alpha value is -3.54. The fourth-order valence-electron chi connectivity index (χ4n) is 5.30. The van der Waals surface area contributed by atoms with E-state index in [1.807, 2.05) is 6.07 Å². The Morgan fingerprint density at radius 2 is 1.74 bits per heavy atom. The Kier molecular flexibility index (Phi) is 9.08. The van der Waals surface area contributed by atoms with Crippen molar-refractivity contribution in [2.75, 3.05) is 33.1 Å². The zero-order valence-electron chi connectivity index (χ0n) is 21.3. The van der Waals surface area contributed by atoms with Crippen LogP contribution in [0.2, 0.25) is 0 Å². The highest BCUT2D eigenvalue weighted by Crippen LogP contribution is 2.49. The van der Waals surface area contributed by atoms with Crippen molar-refractivity contribution < 1.29 is 41.7 Å². The van der Waals surface area contributed by atoms with Crippen molar-refractivity contribution in [2.24, 2.45) is 0 Å². The van der Waals surface area contributed by atoms with Crippen LogP contribution in [-0.4, -0.2) is 68.1 Å². The maximum absolute atomic E-state index is 13.8. The van der Waals surface area contributed by atoms with Gasteiger partial charge in [-0.2, -0.15) is 13.2 Å². The molecule has 208 valence electrons. The summed E-state index contributed by atoms with van der Waals surface area (Å²) in [5.74, 6) is -1.73. The van der Waals surface area contributed by atoms with Gasteiger partial charge in [-0.25, -0.2) is 14.0 Å². The summed E-state index contributed by atoms with van der Waals surface area (Å²) in [6.45, 7) is 1.01. The number of hydrogen-bond donors (Lipinski definition) is 3. The van der Waals surface area contributed by atoms with E-state index < -0.39 is 18.0 Å². The molecule has 0 aromatic heterocycles. The van der Waals surface area contributed by atoms with Gasteiger partial charge in [0.05, 0.1) is 19.9 Å². The third-order valence-corrected chi connectivity index (χ3v) is 7.19. The van der Waals surface area contributed by atoms with Gasteiger partial charge in [0, 0.05) is 17.5 Å². The van der Waals surface area contributed by atoms with E-state index >= 15 is 0 Å². The van der Waals surface area contributed by atoms with Gasteiger partial charge in [0.15, 0.2) is 11.5 Å². The van der Waals surface area contributed by atoms with Crippen LogP contribution in [0, 0.1) is 5.82 Å². The van der Waals surface area contributed by atoms with E-state index in [1.165, 1.54) is 11.6 Å². The maximum atomic E-state index is 13.8. The summed E-state index contributed by atoms with van der Waals surface area (Å²) in [7, 11) is 5.45. The summed E-state index contributed by atoms with van der Waals surface area (Å²) >= 11 is 0. The second kappa shape index (κ2) is 11.9. The van der Waals surface area contributed by atoms with Crippen molar-refractivity contribution >= 4 is 17.7 Å². The Morgan fingerprint density at radius 3 is 2.34 bits per heavy atom. The Balaban J connectivity index is 0.000000505. The number of hydrogen-bond acceptors (Lipinski definition) is 5. The molecule has 3 unspecified atom stereocenters. The minimum absolute atomic E-state index is 0.0223. The number of fused-ring (bicyclic) bond motifs is 1. The number of methoxy groups -OCH3 is 2. The van der Waals surface area contributed by atoms with Crippen LogP contribution in [0.3, 0.4) is 0 Å². The zero-order valence-corrected chi connectivity index (χ0v) is 21.3. The number of nitrogens with zero attached hydrogens (tertiary/aromatic N) is 1. The predicted molar refractivity (Wildman–Crippen MR) is 132 cm³/mol. The summed E-state index contributed by atoms with van der Waals surface area (Å²) in [5, 5.41) is 12.8. The number of carbonyl (C=O) groups excluding carboxylic acids is 1. The topological polar surface area (TPSA) is 100 Å². The molecule has 2 amide bonds. The Labute approximate surface area is 217 Å². The monoisotopic (exact) mass is 541 g/mol. The first-order valence-electron chi connectivity index (χ1n) is 12.0. The molecule has 38 heavy (non-hydrogen) atoms. The van der Waals surface area contributed by atoms with Crippen LogP contribution >= 0.6 is 0 Å². The van der Waals surface area contributed by atoms with Crippen molar-refractivity contribution in [1.82, 2.24) is 10.2 Å². The number of likely N-dealkylation sites (N-methyl/N-ethyl adjacent to an activating group) is 1. The number of para-hydroxylation sites is 1. The normalized spacial score (nSPS) is 22.9. The van der Waals surface area contributed by atoms with Crippen molar-refractivity contribution in [3.05, 3.63) is 53.8 Å². The average Bonchev–Trinajstić information content (AvgIpc) is 3.21. The Bertz CT molecular complexity index is 1150. The predicted octanol–water partition coefficient (Wildman–Crippen LogP) is 4.79. The Morgan fingerprint density at radius 1 is 1.08 bits per heavy atom. The molecule has 0 spiro atoms. The summed E-state index contributed by atoms with van der Waals surface area (Å²) in [5.41, 5.74) is 1.47. The van der Waals surface area contributed by atoms with Gasteiger partial charge in [0.25, 0.3) is 0 Å². The highest BCUT2D eigenvalue weighted by atomic mass is 19.4. The summed E-state index contributed by atoms with van der Waals surface area (Å²) in [6.07, 6.45) is -1.35.